The van der Waals surface area contributed by atoms with E-state index in [0.717, 1.165) is 27.3 Å². The van der Waals surface area contributed by atoms with Crippen molar-refractivity contribution in [3.8, 4) is 0 Å². The molecular formula is C15H17N5OS. The molecule has 0 unspecified atom stereocenters. The van der Waals surface area contributed by atoms with Gasteiger partial charge in [-0.15, -0.1) is 0 Å². The summed E-state index contributed by atoms with van der Waals surface area (Å²) >= 11 is 1.36. The molecule has 0 fully saturated rings. The van der Waals surface area contributed by atoms with Crippen LogP contribution in [0, 0.1) is 0 Å². The maximum atomic E-state index is 5.16. The van der Waals surface area contributed by atoms with E-state index in [1.54, 1.807) is 7.11 Å². The van der Waals surface area contributed by atoms with Crippen LogP contribution < -0.4 is 10.6 Å². The van der Waals surface area contributed by atoms with Crippen LogP contribution in [0.25, 0.3) is 11.0 Å². The first-order valence-electron chi connectivity index (χ1n) is 6.87. The molecule has 22 heavy (non-hydrogen) atoms. The van der Waals surface area contributed by atoms with Gasteiger partial charge in [0, 0.05) is 36.7 Å². The largest absolute Gasteiger partial charge is 0.364 e. The van der Waals surface area contributed by atoms with Gasteiger partial charge in [0.15, 0.2) is 5.82 Å². The highest BCUT2D eigenvalue weighted by molar-refractivity contribution is 7.94. The highest BCUT2D eigenvalue weighted by Gasteiger charge is 2.09. The molecule has 0 spiro atoms. The minimum Gasteiger partial charge on any atom is -0.364 e. The van der Waals surface area contributed by atoms with E-state index in [-0.39, 0.29) is 0 Å². The third kappa shape index (κ3) is 3.00. The Morgan fingerprint density at radius 3 is 2.91 bits per heavy atom. The molecule has 0 radical (unpaired) electrons. The van der Waals surface area contributed by atoms with Crippen LogP contribution in [0.3, 0.4) is 0 Å². The summed E-state index contributed by atoms with van der Waals surface area (Å²) < 4.78 is 5.16. The SMILES string of the molecule is CNc1nc(NCc2ccccc2SOC)c2[nH]ccc2n1. The van der Waals surface area contributed by atoms with Gasteiger partial charge in [-0.05, 0) is 17.7 Å². The zero-order chi connectivity index (χ0) is 15.4. The smallest absolute Gasteiger partial charge is 0.225 e. The lowest BCUT2D eigenvalue weighted by molar-refractivity contribution is 0.489. The van der Waals surface area contributed by atoms with Crippen molar-refractivity contribution in [2.75, 3.05) is 24.8 Å². The van der Waals surface area contributed by atoms with Crippen molar-refractivity contribution in [3.63, 3.8) is 0 Å². The molecule has 0 aliphatic rings. The van der Waals surface area contributed by atoms with Crippen LogP contribution in [-0.2, 0) is 10.7 Å². The lowest BCUT2D eigenvalue weighted by Gasteiger charge is -2.11. The number of H-pyrrole nitrogens is 1. The molecule has 6 nitrogen and oxygen atoms in total. The molecule has 1 aromatic carbocycles. The maximum Gasteiger partial charge on any atom is 0.225 e. The van der Waals surface area contributed by atoms with Crippen LogP contribution in [0.4, 0.5) is 11.8 Å². The van der Waals surface area contributed by atoms with E-state index in [9.17, 15) is 0 Å². The molecule has 2 heterocycles. The van der Waals surface area contributed by atoms with E-state index >= 15 is 0 Å². The fraction of sp³-hybridized carbons (Fsp3) is 0.200. The number of aromatic nitrogens is 3. The van der Waals surface area contributed by atoms with Crippen molar-refractivity contribution in [2.45, 2.75) is 11.4 Å². The molecule has 114 valence electrons. The van der Waals surface area contributed by atoms with Crippen molar-refractivity contribution in [3.05, 3.63) is 42.1 Å². The number of hydrogen-bond acceptors (Lipinski definition) is 6. The summed E-state index contributed by atoms with van der Waals surface area (Å²) in [6.07, 6.45) is 1.86. The topological polar surface area (TPSA) is 74.9 Å². The number of fused-ring (bicyclic) bond motifs is 1. The second kappa shape index (κ2) is 6.67. The first-order valence-corrected chi connectivity index (χ1v) is 7.61. The Hall–Kier alpha value is -2.25. The Kier molecular flexibility index (Phi) is 4.45. The fourth-order valence-corrected chi connectivity index (χ4v) is 2.75. The minimum absolute atomic E-state index is 0.592. The molecule has 0 saturated heterocycles. The van der Waals surface area contributed by atoms with Gasteiger partial charge >= 0.3 is 0 Å². The third-order valence-corrected chi connectivity index (χ3v) is 3.97. The number of nitrogens with zero attached hydrogens (tertiary/aromatic N) is 2. The molecule has 0 aliphatic heterocycles. The lowest BCUT2D eigenvalue weighted by Crippen LogP contribution is -2.06. The first kappa shape index (κ1) is 14.7. The Labute approximate surface area is 132 Å². The zero-order valence-corrected chi connectivity index (χ0v) is 13.2. The second-order valence-electron chi connectivity index (χ2n) is 4.60. The van der Waals surface area contributed by atoms with Gasteiger partial charge in [0.25, 0.3) is 0 Å². The minimum atomic E-state index is 0.592. The Balaban J connectivity index is 1.86. The molecule has 7 heteroatoms. The Morgan fingerprint density at radius 2 is 2.09 bits per heavy atom. The van der Waals surface area contributed by atoms with Crippen molar-refractivity contribution >= 4 is 34.8 Å². The second-order valence-corrected chi connectivity index (χ2v) is 5.53. The van der Waals surface area contributed by atoms with Gasteiger partial charge in [-0.3, -0.25) is 0 Å². The highest BCUT2D eigenvalue weighted by Crippen LogP contribution is 2.25. The molecule has 0 amide bonds. The van der Waals surface area contributed by atoms with E-state index in [0.29, 0.717) is 12.5 Å². The van der Waals surface area contributed by atoms with Crippen LogP contribution in [0.2, 0.25) is 0 Å². The molecule has 3 aromatic rings. The summed E-state index contributed by atoms with van der Waals surface area (Å²) in [5.74, 6) is 1.37. The normalized spacial score (nSPS) is 10.8. The average Bonchev–Trinajstić information content (AvgIpc) is 3.02. The number of anilines is 2. The van der Waals surface area contributed by atoms with E-state index in [2.05, 4.69) is 31.7 Å². The summed E-state index contributed by atoms with van der Waals surface area (Å²) in [6.45, 7) is 0.654. The van der Waals surface area contributed by atoms with Gasteiger partial charge in [0.05, 0.1) is 12.6 Å². The zero-order valence-electron chi connectivity index (χ0n) is 12.4. The van der Waals surface area contributed by atoms with E-state index in [1.807, 2.05) is 37.5 Å². The summed E-state index contributed by atoms with van der Waals surface area (Å²) in [5.41, 5.74) is 2.93. The molecule has 3 N–H and O–H groups in total. The molecular weight excluding hydrogens is 298 g/mol. The van der Waals surface area contributed by atoms with Gasteiger partial charge < -0.3 is 19.8 Å². The highest BCUT2D eigenvalue weighted by atomic mass is 32.2. The predicted molar refractivity (Wildman–Crippen MR) is 90.1 cm³/mol. The number of rotatable bonds is 6. The molecule has 3 rings (SSSR count). The van der Waals surface area contributed by atoms with Gasteiger partial charge in [-0.2, -0.15) is 4.98 Å². The van der Waals surface area contributed by atoms with Crippen LogP contribution in [0.5, 0.6) is 0 Å². The standard InChI is InChI=1S/C15H17N5OS/c1-16-15-19-11-7-8-17-13(11)14(20-15)18-9-10-5-3-4-6-12(10)22-21-2/h3-8,17H,9H2,1-2H3,(H2,16,18,19,20). The predicted octanol–water partition coefficient (Wildman–Crippen LogP) is 3.27. The van der Waals surface area contributed by atoms with Gasteiger partial charge in [-0.25, -0.2) is 4.98 Å². The third-order valence-electron chi connectivity index (χ3n) is 3.22. The first-order chi connectivity index (χ1) is 10.8. The summed E-state index contributed by atoms with van der Waals surface area (Å²) in [7, 11) is 3.48. The van der Waals surface area contributed by atoms with Crippen molar-refractivity contribution < 1.29 is 4.18 Å². The monoisotopic (exact) mass is 315 g/mol. The molecule has 0 atom stereocenters. The van der Waals surface area contributed by atoms with Gasteiger partial charge in [0.2, 0.25) is 5.95 Å². The van der Waals surface area contributed by atoms with Gasteiger partial charge in [0.1, 0.15) is 5.52 Å². The van der Waals surface area contributed by atoms with E-state index < -0.39 is 0 Å². The molecule has 0 bridgehead atoms. The fourth-order valence-electron chi connectivity index (χ4n) is 2.18. The summed E-state index contributed by atoms with van der Waals surface area (Å²) in [4.78, 5) is 13.1. The van der Waals surface area contributed by atoms with Crippen molar-refractivity contribution in [1.29, 1.82) is 0 Å². The van der Waals surface area contributed by atoms with Gasteiger partial charge in [-0.1, -0.05) is 18.2 Å². The quantitative estimate of drug-likeness (QED) is 0.606. The summed E-state index contributed by atoms with van der Waals surface area (Å²) in [6, 6.07) is 10.0. The van der Waals surface area contributed by atoms with E-state index in [1.165, 1.54) is 12.0 Å². The maximum absolute atomic E-state index is 5.16. The Bertz CT molecular complexity index is 773. The lowest BCUT2D eigenvalue weighted by atomic mass is 10.2. The molecule has 0 saturated carbocycles. The average molecular weight is 315 g/mol. The van der Waals surface area contributed by atoms with Crippen molar-refractivity contribution in [2.24, 2.45) is 0 Å². The molecule has 0 aliphatic carbocycles. The summed E-state index contributed by atoms with van der Waals surface area (Å²) in [5, 5.41) is 6.35. The van der Waals surface area contributed by atoms with Crippen LogP contribution in [0.15, 0.2) is 41.4 Å². The van der Waals surface area contributed by atoms with Crippen LogP contribution in [-0.4, -0.2) is 29.1 Å². The molecule has 2 aromatic heterocycles. The number of hydrogen-bond donors (Lipinski definition) is 3. The number of nitrogens with one attached hydrogen (secondary N) is 3. The Morgan fingerprint density at radius 1 is 1.23 bits per heavy atom. The number of benzene rings is 1. The van der Waals surface area contributed by atoms with Crippen LogP contribution >= 0.6 is 12.0 Å². The number of aromatic amines is 1. The van der Waals surface area contributed by atoms with E-state index in [4.69, 9.17) is 4.18 Å². The van der Waals surface area contributed by atoms with Crippen LogP contribution in [0.1, 0.15) is 5.56 Å². The van der Waals surface area contributed by atoms with Crippen molar-refractivity contribution in [1.82, 2.24) is 15.0 Å².